The summed E-state index contributed by atoms with van der Waals surface area (Å²) in [5.74, 6) is 0.0136. The van der Waals surface area contributed by atoms with Gasteiger partial charge in [-0.2, -0.15) is 5.26 Å². The molecule has 3 atom stereocenters. The van der Waals surface area contributed by atoms with Crippen molar-refractivity contribution >= 4 is 27.8 Å². The van der Waals surface area contributed by atoms with Crippen LogP contribution in [0.1, 0.15) is 52.9 Å². The molecular formula is C28H22BrN5O. The monoisotopic (exact) mass is 523 g/mol. The highest BCUT2D eigenvalue weighted by Crippen LogP contribution is 2.63. The van der Waals surface area contributed by atoms with Crippen LogP contribution in [-0.4, -0.2) is 20.9 Å². The van der Waals surface area contributed by atoms with E-state index >= 15 is 0 Å². The zero-order chi connectivity index (χ0) is 24.2. The maximum atomic E-state index is 13.9. The van der Waals surface area contributed by atoms with Gasteiger partial charge in [-0.1, -0.05) is 60.7 Å². The number of carbonyl (C=O) groups excluding carboxylic acids is 1. The smallest absolute Gasteiger partial charge is 0.233 e. The standard InChI is InChI=1S/C28H22BrN5O/c1-27(25(35)34-26-32-21(24(29)33-26)14-17-8-3-2-4-9-17)15-28(16-30)20-12-6-5-10-18(20)22(27)19-11-7-13-31-23(19)28/h2-13,22H,14-15H2,1H3,(H2,32,33,34,35). The molecule has 0 fully saturated rings. The molecule has 2 heterocycles. The van der Waals surface area contributed by atoms with E-state index in [0.717, 1.165) is 38.2 Å². The van der Waals surface area contributed by atoms with Crippen LogP contribution >= 0.6 is 15.9 Å². The van der Waals surface area contributed by atoms with E-state index in [-0.39, 0.29) is 11.8 Å². The van der Waals surface area contributed by atoms with Crippen molar-refractivity contribution in [1.29, 1.82) is 5.26 Å². The Morgan fingerprint density at radius 2 is 1.89 bits per heavy atom. The Balaban J connectivity index is 1.38. The highest BCUT2D eigenvalue weighted by atomic mass is 79.9. The van der Waals surface area contributed by atoms with Gasteiger partial charge in [0.1, 0.15) is 10.0 Å². The molecule has 2 aromatic carbocycles. The first-order valence-electron chi connectivity index (χ1n) is 11.5. The Hall–Kier alpha value is -3.76. The third-order valence-electron chi connectivity index (χ3n) is 7.44. The van der Waals surface area contributed by atoms with E-state index in [9.17, 15) is 10.1 Å². The Kier molecular flexibility index (Phi) is 4.90. The number of nitriles is 1. The summed E-state index contributed by atoms with van der Waals surface area (Å²) in [7, 11) is 0. The number of anilines is 1. The van der Waals surface area contributed by atoms with E-state index in [0.29, 0.717) is 18.8 Å². The zero-order valence-corrected chi connectivity index (χ0v) is 20.6. The summed E-state index contributed by atoms with van der Waals surface area (Å²) in [5.41, 5.74) is 3.79. The summed E-state index contributed by atoms with van der Waals surface area (Å²) < 4.78 is 0.736. The molecule has 0 aliphatic heterocycles. The Bertz CT molecular complexity index is 1460. The van der Waals surface area contributed by atoms with Gasteiger partial charge in [0, 0.05) is 18.5 Å². The van der Waals surface area contributed by atoms with Crippen LogP contribution in [0, 0.1) is 16.7 Å². The topological polar surface area (TPSA) is 94.5 Å². The van der Waals surface area contributed by atoms with Gasteiger partial charge in [0.2, 0.25) is 11.9 Å². The van der Waals surface area contributed by atoms with Crippen molar-refractivity contribution in [3.63, 3.8) is 0 Å². The summed E-state index contributed by atoms with van der Waals surface area (Å²) in [4.78, 5) is 26.3. The fraction of sp³-hybridized carbons (Fsp3) is 0.214. The zero-order valence-electron chi connectivity index (χ0n) is 19.0. The molecule has 35 heavy (non-hydrogen) atoms. The molecule has 3 aliphatic rings. The molecular weight excluding hydrogens is 502 g/mol. The molecule has 7 heteroatoms. The number of pyridine rings is 1. The predicted octanol–water partition coefficient (Wildman–Crippen LogP) is 5.46. The predicted molar refractivity (Wildman–Crippen MR) is 136 cm³/mol. The second-order valence-corrected chi connectivity index (χ2v) is 10.3. The number of halogens is 1. The molecule has 172 valence electrons. The van der Waals surface area contributed by atoms with Gasteiger partial charge in [-0.05, 0) is 57.6 Å². The van der Waals surface area contributed by atoms with Crippen molar-refractivity contribution in [3.8, 4) is 6.07 Å². The minimum atomic E-state index is -0.976. The number of hydrogen-bond acceptors (Lipinski definition) is 4. The third kappa shape index (κ3) is 3.17. The molecule has 2 N–H and O–H groups in total. The van der Waals surface area contributed by atoms with Crippen molar-refractivity contribution in [2.45, 2.75) is 31.1 Å². The number of amides is 1. The van der Waals surface area contributed by atoms with E-state index in [1.165, 1.54) is 0 Å². The third-order valence-corrected chi connectivity index (χ3v) is 8.10. The van der Waals surface area contributed by atoms with Gasteiger partial charge in [-0.3, -0.25) is 15.1 Å². The first-order chi connectivity index (χ1) is 17.0. The SMILES string of the molecule is CC1(C(=O)Nc2nc(Cc3ccccc3)c(Br)[nH]2)CC2(C#N)c3ccccc3C1c1cccnc12. The number of aromatic nitrogens is 3. The van der Waals surface area contributed by atoms with E-state index < -0.39 is 10.8 Å². The van der Waals surface area contributed by atoms with Crippen LogP contribution in [0.25, 0.3) is 0 Å². The van der Waals surface area contributed by atoms with Crippen LogP contribution in [0.15, 0.2) is 77.5 Å². The highest BCUT2D eigenvalue weighted by Gasteiger charge is 2.61. The lowest BCUT2D eigenvalue weighted by Gasteiger charge is -2.53. The number of carbonyl (C=O) groups is 1. The molecule has 6 nitrogen and oxygen atoms in total. The lowest BCUT2D eigenvalue weighted by atomic mass is 9.48. The number of benzene rings is 2. The van der Waals surface area contributed by atoms with Crippen LogP contribution in [0.3, 0.4) is 0 Å². The van der Waals surface area contributed by atoms with Gasteiger partial charge in [0.25, 0.3) is 0 Å². The first kappa shape index (κ1) is 21.8. The molecule has 2 aromatic heterocycles. The fourth-order valence-corrected chi connectivity index (χ4v) is 6.34. The molecule has 0 radical (unpaired) electrons. The average Bonchev–Trinajstić information content (AvgIpc) is 3.22. The molecule has 1 amide bonds. The number of nitrogens with zero attached hydrogens (tertiary/aromatic N) is 3. The average molecular weight is 524 g/mol. The van der Waals surface area contributed by atoms with E-state index in [4.69, 9.17) is 0 Å². The quantitative estimate of drug-likeness (QED) is 0.371. The summed E-state index contributed by atoms with van der Waals surface area (Å²) >= 11 is 3.55. The first-order valence-corrected chi connectivity index (χ1v) is 12.3. The maximum Gasteiger partial charge on any atom is 0.233 e. The lowest BCUT2D eigenvalue weighted by molar-refractivity contribution is -0.127. The van der Waals surface area contributed by atoms with Gasteiger partial charge in [-0.25, -0.2) is 4.98 Å². The van der Waals surface area contributed by atoms with Gasteiger partial charge in [0.05, 0.1) is 22.9 Å². The number of nitrogens with one attached hydrogen (secondary N) is 2. The molecule has 4 aromatic rings. The minimum Gasteiger partial charge on any atom is -0.318 e. The Morgan fingerprint density at radius 1 is 1.14 bits per heavy atom. The van der Waals surface area contributed by atoms with Crippen LogP contribution in [-0.2, 0) is 16.6 Å². The second-order valence-electron chi connectivity index (χ2n) is 9.54. The van der Waals surface area contributed by atoms with Gasteiger partial charge in [-0.15, -0.1) is 0 Å². The van der Waals surface area contributed by atoms with Crippen molar-refractivity contribution in [2.75, 3.05) is 5.32 Å². The van der Waals surface area contributed by atoms with E-state index in [1.54, 1.807) is 6.20 Å². The number of rotatable bonds is 4. The lowest BCUT2D eigenvalue weighted by Crippen LogP contribution is -2.54. The molecule has 7 rings (SSSR count). The molecule has 0 spiro atoms. The summed E-state index contributed by atoms with van der Waals surface area (Å²) in [6.45, 7) is 1.95. The maximum absolute atomic E-state index is 13.9. The summed E-state index contributed by atoms with van der Waals surface area (Å²) in [6.07, 6.45) is 2.72. The second kappa shape index (κ2) is 7.89. The largest absolute Gasteiger partial charge is 0.318 e. The Morgan fingerprint density at radius 3 is 2.69 bits per heavy atom. The number of imidazole rings is 1. The van der Waals surface area contributed by atoms with Gasteiger partial charge < -0.3 is 4.98 Å². The molecule has 2 bridgehead atoms. The fourth-order valence-electron chi connectivity index (χ4n) is 5.93. The van der Waals surface area contributed by atoms with Gasteiger partial charge >= 0.3 is 0 Å². The summed E-state index contributed by atoms with van der Waals surface area (Å²) in [6, 6.07) is 24.5. The van der Waals surface area contributed by atoms with Crippen molar-refractivity contribution < 1.29 is 4.79 Å². The number of H-pyrrole nitrogens is 1. The normalized spacial score (nSPS) is 23.7. The van der Waals surface area contributed by atoms with E-state index in [2.05, 4.69) is 42.3 Å². The molecule has 0 saturated heterocycles. The Labute approximate surface area is 211 Å². The minimum absolute atomic E-state index is 0.168. The number of fused-ring (bicyclic) bond motifs is 1. The molecule has 3 unspecified atom stereocenters. The van der Waals surface area contributed by atoms with Crippen molar-refractivity contribution in [3.05, 3.63) is 111 Å². The molecule has 3 aliphatic carbocycles. The van der Waals surface area contributed by atoms with Crippen LogP contribution in [0.4, 0.5) is 5.95 Å². The van der Waals surface area contributed by atoms with Crippen LogP contribution < -0.4 is 5.32 Å². The molecule has 0 saturated carbocycles. The van der Waals surface area contributed by atoms with E-state index in [1.807, 2.05) is 73.7 Å². The number of hydrogen-bond donors (Lipinski definition) is 2. The van der Waals surface area contributed by atoms with Crippen LogP contribution in [0.5, 0.6) is 0 Å². The van der Waals surface area contributed by atoms with Crippen molar-refractivity contribution in [2.24, 2.45) is 5.41 Å². The summed E-state index contributed by atoms with van der Waals surface area (Å²) in [5, 5.41) is 13.5. The van der Waals surface area contributed by atoms with Crippen molar-refractivity contribution in [1.82, 2.24) is 15.0 Å². The van der Waals surface area contributed by atoms with Gasteiger partial charge in [0.15, 0.2) is 0 Å². The highest BCUT2D eigenvalue weighted by molar-refractivity contribution is 9.10. The van der Waals surface area contributed by atoms with Crippen LogP contribution in [0.2, 0.25) is 0 Å². The number of aromatic amines is 1.